The van der Waals surface area contributed by atoms with Crippen LogP contribution in [0.15, 0.2) is 5.38 Å². The number of nitrogens with zero attached hydrogens (tertiary/aromatic N) is 1. The number of aryl methyl sites for hydroxylation is 1. The van der Waals surface area contributed by atoms with Gasteiger partial charge in [-0.3, -0.25) is 0 Å². The maximum absolute atomic E-state index is 5.59. The molecule has 0 spiro atoms. The van der Waals surface area contributed by atoms with Crippen molar-refractivity contribution in [1.29, 1.82) is 0 Å². The Labute approximate surface area is 109 Å². The average molecular weight is 256 g/mol. The van der Waals surface area contributed by atoms with Gasteiger partial charge < -0.3 is 10.1 Å². The molecule has 0 amide bonds. The summed E-state index contributed by atoms with van der Waals surface area (Å²) in [7, 11) is 1.77. The summed E-state index contributed by atoms with van der Waals surface area (Å²) in [6.45, 7) is 9.49. The Bertz CT molecular complexity index is 336. The zero-order chi connectivity index (χ0) is 12.9. The van der Waals surface area contributed by atoms with Crippen LogP contribution >= 0.6 is 11.3 Å². The van der Waals surface area contributed by atoms with Crippen LogP contribution < -0.4 is 5.32 Å². The molecular formula is C13H24N2OS. The van der Waals surface area contributed by atoms with Crippen molar-refractivity contribution in [3.05, 3.63) is 16.1 Å². The van der Waals surface area contributed by atoms with Crippen LogP contribution in [0.3, 0.4) is 0 Å². The first-order chi connectivity index (χ1) is 7.99. The van der Waals surface area contributed by atoms with Crippen LogP contribution in [0.25, 0.3) is 0 Å². The van der Waals surface area contributed by atoms with Crippen molar-refractivity contribution in [2.75, 3.05) is 13.7 Å². The normalized spacial score (nSPS) is 13.9. The second kappa shape index (κ2) is 6.47. The number of aromatic nitrogens is 1. The minimum atomic E-state index is -0.174. The Kier molecular flexibility index (Phi) is 5.56. The van der Waals surface area contributed by atoms with Gasteiger partial charge in [-0.25, -0.2) is 4.98 Å². The van der Waals surface area contributed by atoms with Gasteiger partial charge in [-0.15, -0.1) is 11.3 Å². The van der Waals surface area contributed by atoms with Crippen molar-refractivity contribution in [1.82, 2.24) is 10.3 Å². The fourth-order valence-electron chi connectivity index (χ4n) is 1.74. The maximum Gasteiger partial charge on any atom is 0.0897 e. The first-order valence-electron chi connectivity index (χ1n) is 6.19. The minimum absolute atomic E-state index is 0.174. The lowest BCUT2D eigenvalue weighted by Gasteiger charge is -2.33. The van der Waals surface area contributed by atoms with Crippen LogP contribution in [0.2, 0.25) is 0 Å². The van der Waals surface area contributed by atoms with Gasteiger partial charge in [0, 0.05) is 25.0 Å². The molecule has 1 atom stereocenters. The van der Waals surface area contributed by atoms with E-state index in [-0.39, 0.29) is 5.60 Å². The summed E-state index contributed by atoms with van der Waals surface area (Å²) >= 11 is 1.71. The average Bonchev–Trinajstić information content (AvgIpc) is 2.70. The molecule has 3 nitrogen and oxygen atoms in total. The zero-order valence-corrected chi connectivity index (χ0v) is 12.4. The maximum atomic E-state index is 5.59. The van der Waals surface area contributed by atoms with E-state index in [1.54, 1.807) is 18.4 Å². The van der Waals surface area contributed by atoms with Gasteiger partial charge in [-0.05, 0) is 33.7 Å². The van der Waals surface area contributed by atoms with Gasteiger partial charge in [0.1, 0.15) is 0 Å². The molecule has 1 aromatic heterocycles. The van der Waals surface area contributed by atoms with E-state index in [1.165, 1.54) is 0 Å². The Balaban J connectivity index is 2.69. The molecule has 98 valence electrons. The largest absolute Gasteiger partial charge is 0.377 e. The van der Waals surface area contributed by atoms with Gasteiger partial charge in [0.2, 0.25) is 0 Å². The number of hydrogen-bond donors (Lipinski definition) is 1. The fraction of sp³-hybridized carbons (Fsp3) is 0.769. The minimum Gasteiger partial charge on any atom is -0.377 e. The highest BCUT2D eigenvalue weighted by atomic mass is 32.1. The summed E-state index contributed by atoms with van der Waals surface area (Å²) in [5.41, 5.74) is 0.985. The number of rotatable bonds is 7. The molecule has 0 saturated heterocycles. The molecule has 0 saturated carbocycles. The third kappa shape index (κ3) is 4.37. The standard InChI is InChI=1S/C13H24N2OS/c1-6-7-14-12(13(3,4)16-5)8-11-9-17-10(2)15-11/h9,12,14H,6-8H2,1-5H3. The van der Waals surface area contributed by atoms with E-state index in [0.717, 1.165) is 30.1 Å². The lowest BCUT2D eigenvalue weighted by Crippen LogP contribution is -2.49. The van der Waals surface area contributed by atoms with Gasteiger partial charge in [0.15, 0.2) is 0 Å². The zero-order valence-electron chi connectivity index (χ0n) is 11.5. The number of methoxy groups -OCH3 is 1. The van der Waals surface area contributed by atoms with Crippen LogP contribution in [0, 0.1) is 6.92 Å². The third-order valence-corrected chi connectivity index (χ3v) is 3.91. The van der Waals surface area contributed by atoms with E-state index in [2.05, 4.69) is 36.5 Å². The highest BCUT2D eigenvalue weighted by molar-refractivity contribution is 7.09. The Morgan fingerprint density at radius 3 is 2.71 bits per heavy atom. The molecule has 1 N–H and O–H groups in total. The van der Waals surface area contributed by atoms with Gasteiger partial charge in [0.05, 0.1) is 16.3 Å². The Morgan fingerprint density at radius 1 is 1.53 bits per heavy atom. The van der Waals surface area contributed by atoms with Crippen molar-refractivity contribution < 1.29 is 4.74 Å². The molecule has 0 bridgehead atoms. The molecule has 0 aliphatic heterocycles. The quantitative estimate of drug-likeness (QED) is 0.814. The van der Waals surface area contributed by atoms with Crippen molar-refractivity contribution in [2.45, 2.75) is 52.2 Å². The summed E-state index contributed by atoms with van der Waals surface area (Å²) in [4.78, 5) is 4.53. The van der Waals surface area contributed by atoms with Gasteiger partial charge in [-0.1, -0.05) is 6.92 Å². The van der Waals surface area contributed by atoms with Crippen molar-refractivity contribution in [2.24, 2.45) is 0 Å². The summed E-state index contributed by atoms with van der Waals surface area (Å²) in [5.74, 6) is 0. The summed E-state index contributed by atoms with van der Waals surface area (Å²) in [6.07, 6.45) is 2.05. The van der Waals surface area contributed by atoms with E-state index in [4.69, 9.17) is 4.74 Å². The molecule has 1 heterocycles. The highest BCUT2D eigenvalue weighted by Gasteiger charge is 2.29. The van der Waals surface area contributed by atoms with Gasteiger partial charge in [0.25, 0.3) is 0 Å². The first kappa shape index (κ1) is 14.6. The lowest BCUT2D eigenvalue weighted by atomic mass is 9.94. The van der Waals surface area contributed by atoms with Crippen LogP contribution in [0.4, 0.5) is 0 Å². The van der Waals surface area contributed by atoms with Gasteiger partial charge in [-0.2, -0.15) is 0 Å². The van der Waals surface area contributed by atoms with E-state index < -0.39 is 0 Å². The van der Waals surface area contributed by atoms with Crippen molar-refractivity contribution in [3.8, 4) is 0 Å². The SMILES string of the molecule is CCCNC(Cc1csc(C)n1)C(C)(C)OC. The number of nitrogens with one attached hydrogen (secondary N) is 1. The molecule has 0 fully saturated rings. The van der Waals surface area contributed by atoms with Crippen LogP contribution in [0.1, 0.15) is 37.9 Å². The Morgan fingerprint density at radius 2 is 2.24 bits per heavy atom. The molecule has 1 aromatic rings. The summed E-state index contributed by atoms with van der Waals surface area (Å²) in [6, 6.07) is 0.300. The monoisotopic (exact) mass is 256 g/mol. The van der Waals surface area contributed by atoms with Gasteiger partial charge >= 0.3 is 0 Å². The third-order valence-electron chi connectivity index (χ3n) is 3.09. The molecule has 4 heteroatoms. The van der Waals surface area contributed by atoms with E-state index in [9.17, 15) is 0 Å². The van der Waals surface area contributed by atoms with Crippen LogP contribution in [0.5, 0.6) is 0 Å². The molecule has 17 heavy (non-hydrogen) atoms. The van der Waals surface area contributed by atoms with E-state index in [1.807, 2.05) is 6.92 Å². The predicted octanol–water partition coefficient (Wildman–Crippen LogP) is 2.79. The van der Waals surface area contributed by atoms with E-state index in [0.29, 0.717) is 6.04 Å². The highest BCUT2D eigenvalue weighted by Crippen LogP contribution is 2.19. The second-order valence-electron chi connectivity index (χ2n) is 4.88. The predicted molar refractivity (Wildman–Crippen MR) is 73.7 cm³/mol. The number of ether oxygens (including phenoxy) is 1. The Hall–Kier alpha value is -0.450. The molecule has 1 unspecified atom stereocenters. The summed E-state index contributed by atoms with van der Waals surface area (Å²) in [5, 5.41) is 6.83. The van der Waals surface area contributed by atoms with Crippen molar-refractivity contribution >= 4 is 11.3 Å². The smallest absolute Gasteiger partial charge is 0.0897 e. The molecule has 0 aromatic carbocycles. The lowest BCUT2D eigenvalue weighted by molar-refractivity contribution is -0.0102. The van der Waals surface area contributed by atoms with Crippen molar-refractivity contribution in [3.63, 3.8) is 0 Å². The second-order valence-corrected chi connectivity index (χ2v) is 5.94. The molecule has 0 radical (unpaired) electrons. The van der Waals surface area contributed by atoms with Crippen LogP contribution in [-0.2, 0) is 11.2 Å². The van der Waals surface area contributed by atoms with Crippen LogP contribution in [-0.4, -0.2) is 30.3 Å². The number of hydrogen-bond acceptors (Lipinski definition) is 4. The topological polar surface area (TPSA) is 34.2 Å². The molecule has 0 aliphatic carbocycles. The first-order valence-corrected chi connectivity index (χ1v) is 7.07. The molecular weight excluding hydrogens is 232 g/mol. The number of thiazole rings is 1. The van der Waals surface area contributed by atoms with E-state index >= 15 is 0 Å². The molecule has 0 aliphatic rings. The summed E-state index contributed by atoms with van der Waals surface area (Å²) < 4.78 is 5.59. The molecule has 1 rings (SSSR count). The fourth-order valence-corrected chi connectivity index (χ4v) is 2.36.